The fourth-order valence-corrected chi connectivity index (χ4v) is 2.04. The van der Waals surface area contributed by atoms with Crippen LogP contribution in [-0.4, -0.2) is 34.7 Å². The number of amides is 1. The smallest absolute Gasteiger partial charge is 0.303 e. The Bertz CT molecular complexity index is 377. The number of carbonyl (C=O) groups is 2. The van der Waals surface area contributed by atoms with Gasteiger partial charge in [0.25, 0.3) is 0 Å². The van der Waals surface area contributed by atoms with Crippen LogP contribution >= 0.6 is 0 Å². The zero-order chi connectivity index (χ0) is 17.3. The molecule has 0 aromatic rings. The van der Waals surface area contributed by atoms with Crippen LogP contribution in [0.15, 0.2) is 24.3 Å². The van der Waals surface area contributed by atoms with Crippen molar-refractivity contribution in [2.75, 3.05) is 6.54 Å². The van der Waals surface area contributed by atoms with E-state index in [0.29, 0.717) is 25.8 Å². The number of nitrogens with one attached hydrogen (secondary N) is 1. The van der Waals surface area contributed by atoms with Crippen molar-refractivity contribution in [3.8, 4) is 0 Å². The Kier molecular flexibility index (Phi) is 14.2. The average Bonchev–Trinajstić information content (AvgIpc) is 2.50. The normalized spacial score (nSPS) is 12.8. The number of aliphatic carboxylic acids is 1. The molecule has 0 radical (unpaired) electrons. The van der Waals surface area contributed by atoms with Crippen molar-refractivity contribution in [3.05, 3.63) is 24.3 Å². The van der Waals surface area contributed by atoms with Crippen molar-refractivity contribution in [2.45, 2.75) is 70.8 Å². The summed E-state index contributed by atoms with van der Waals surface area (Å²) in [6, 6.07) is 0. The third-order valence-corrected chi connectivity index (χ3v) is 3.40. The second kappa shape index (κ2) is 15.3. The van der Waals surface area contributed by atoms with E-state index in [2.05, 4.69) is 12.2 Å². The fourth-order valence-electron chi connectivity index (χ4n) is 2.04. The minimum absolute atomic E-state index is 0.0199. The van der Waals surface area contributed by atoms with E-state index >= 15 is 0 Å². The van der Waals surface area contributed by atoms with Crippen molar-refractivity contribution in [1.29, 1.82) is 0 Å². The molecule has 0 spiro atoms. The van der Waals surface area contributed by atoms with Crippen LogP contribution in [0.25, 0.3) is 0 Å². The maximum absolute atomic E-state index is 11.5. The van der Waals surface area contributed by atoms with E-state index in [-0.39, 0.29) is 12.3 Å². The predicted octanol–water partition coefficient (Wildman–Crippen LogP) is 3.19. The van der Waals surface area contributed by atoms with Gasteiger partial charge in [0.1, 0.15) is 0 Å². The van der Waals surface area contributed by atoms with Crippen LogP contribution < -0.4 is 5.32 Å². The molecule has 0 heterocycles. The molecule has 0 rings (SSSR count). The van der Waals surface area contributed by atoms with Gasteiger partial charge in [0, 0.05) is 19.4 Å². The fraction of sp³-hybridized carbons (Fsp3) is 0.667. The lowest BCUT2D eigenvalue weighted by Crippen LogP contribution is -2.22. The highest BCUT2D eigenvalue weighted by Crippen LogP contribution is 2.04. The Labute approximate surface area is 139 Å². The molecule has 132 valence electrons. The molecule has 0 aromatic heterocycles. The van der Waals surface area contributed by atoms with Gasteiger partial charge in [-0.15, -0.1) is 0 Å². The monoisotopic (exact) mass is 325 g/mol. The summed E-state index contributed by atoms with van der Waals surface area (Å²) in [5.74, 6) is -0.809. The van der Waals surface area contributed by atoms with E-state index in [1.807, 2.05) is 12.2 Å². The molecule has 0 saturated heterocycles. The molecule has 0 aliphatic heterocycles. The Hall–Kier alpha value is -1.62. The van der Waals surface area contributed by atoms with Gasteiger partial charge in [-0.25, -0.2) is 0 Å². The highest BCUT2D eigenvalue weighted by molar-refractivity contribution is 5.75. The Morgan fingerprint density at radius 1 is 1.04 bits per heavy atom. The van der Waals surface area contributed by atoms with E-state index in [1.165, 1.54) is 0 Å². The molecule has 0 fully saturated rings. The molecule has 5 nitrogen and oxygen atoms in total. The van der Waals surface area contributed by atoms with Gasteiger partial charge in [0.2, 0.25) is 5.91 Å². The van der Waals surface area contributed by atoms with Gasteiger partial charge in [0.05, 0.1) is 6.10 Å². The third kappa shape index (κ3) is 16.6. The van der Waals surface area contributed by atoms with Gasteiger partial charge in [-0.1, -0.05) is 56.9 Å². The van der Waals surface area contributed by atoms with Crippen molar-refractivity contribution in [3.63, 3.8) is 0 Å². The van der Waals surface area contributed by atoms with E-state index in [1.54, 1.807) is 12.2 Å². The molecule has 0 saturated carbocycles. The first-order valence-corrected chi connectivity index (χ1v) is 8.56. The molecule has 1 unspecified atom stereocenters. The van der Waals surface area contributed by atoms with Crippen molar-refractivity contribution >= 4 is 11.9 Å². The van der Waals surface area contributed by atoms with Gasteiger partial charge in [-0.05, 0) is 19.3 Å². The first kappa shape index (κ1) is 21.4. The highest BCUT2D eigenvalue weighted by atomic mass is 16.4. The van der Waals surface area contributed by atoms with Crippen LogP contribution in [-0.2, 0) is 9.59 Å². The van der Waals surface area contributed by atoms with Gasteiger partial charge in [-0.3, -0.25) is 9.59 Å². The van der Waals surface area contributed by atoms with Gasteiger partial charge >= 0.3 is 5.97 Å². The highest BCUT2D eigenvalue weighted by Gasteiger charge is 2.01. The third-order valence-electron chi connectivity index (χ3n) is 3.40. The van der Waals surface area contributed by atoms with E-state index in [9.17, 15) is 14.7 Å². The van der Waals surface area contributed by atoms with Crippen LogP contribution in [0.4, 0.5) is 0 Å². The minimum atomic E-state index is -0.789. The Balaban J connectivity index is 3.57. The number of hydrogen-bond acceptors (Lipinski definition) is 3. The van der Waals surface area contributed by atoms with Crippen molar-refractivity contribution < 1.29 is 19.8 Å². The SMILES string of the molecule is CCCCCC(O)/C=C/C=C\CNC(=O)CCCCCC(=O)O. The summed E-state index contributed by atoms with van der Waals surface area (Å²) in [5.41, 5.74) is 0. The Morgan fingerprint density at radius 3 is 2.48 bits per heavy atom. The molecular formula is C18H31NO4. The van der Waals surface area contributed by atoms with Crippen LogP contribution in [0.2, 0.25) is 0 Å². The van der Waals surface area contributed by atoms with Crippen LogP contribution in [0, 0.1) is 0 Å². The number of aliphatic hydroxyl groups excluding tert-OH is 1. The largest absolute Gasteiger partial charge is 0.481 e. The number of hydrogen-bond donors (Lipinski definition) is 3. The molecule has 0 aliphatic rings. The van der Waals surface area contributed by atoms with Gasteiger partial charge in [-0.2, -0.15) is 0 Å². The predicted molar refractivity (Wildman–Crippen MR) is 92.2 cm³/mol. The van der Waals surface area contributed by atoms with E-state index < -0.39 is 12.1 Å². The molecule has 23 heavy (non-hydrogen) atoms. The average molecular weight is 325 g/mol. The van der Waals surface area contributed by atoms with Crippen molar-refractivity contribution in [2.24, 2.45) is 0 Å². The second-order valence-electron chi connectivity index (χ2n) is 5.63. The zero-order valence-electron chi connectivity index (χ0n) is 14.2. The molecule has 0 bridgehead atoms. The topological polar surface area (TPSA) is 86.6 Å². The summed E-state index contributed by atoms with van der Waals surface area (Å²) in [6.07, 6.45) is 13.6. The lowest BCUT2D eigenvalue weighted by molar-refractivity contribution is -0.137. The van der Waals surface area contributed by atoms with Gasteiger partial charge in [0.15, 0.2) is 0 Å². The first-order valence-electron chi connectivity index (χ1n) is 8.56. The van der Waals surface area contributed by atoms with E-state index in [0.717, 1.165) is 32.1 Å². The summed E-state index contributed by atoms with van der Waals surface area (Å²) in [6.45, 7) is 2.60. The minimum Gasteiger partial charge on any atom is -0.481 e. The number of aliphatic hydroxyl groups is 1. The lowest BCUT2D eigenvalue weighted by atomic mass is 10.1. The number of carbonyl (C=O) groups excluding carboxylic acids is 1. The standard InChI is InChI=1S/C18H31NO4/c1-2-3-6-11-16(20)12-7-5-10-15-19-17(21)13-8-4-9-14-18(22)23/h5,7,10,12,16,20H,2-4,6,8-9,11,13-15H2,1H3,(H,19,21)(H,22,23)/b10-5-,12-7+. The molecule has 5 heteroatoms. The number of allylic oxidation sites excluding steroid dienone is 2. The Morgan fingerprint density at radius 2 is 1.78 bits per heavy atom. The molecular weight excluding hydrogens is 294 g/mol. The molecule has 3 N–H and O–H groups in total. The van der Waals surface area contributed by atoms with E-state index in [4.69, 9.17) is 5.11 Å². The molecule has 0 aliphatic carbocycles. The summed E-state index contributed by atoms with van der Waals surface area (Å²) >= 11 is 0. The van der Waals surface area contributed by atoms with Crippen LogP contribution in [0.5, 0.6) is 0 Å². The lowest BCUT2D eigenvalue weighted by Gasteiger charge is -2.03. The van der Waals surface area contributed by atoms with Gasteiger partial charge < -0.3 is 15.5 Å². The zero-order valence-corrected chi connectivity index (χ0v) is 14.2. The second-order valence-corrected chi connectivity index (χ2v) is 5.63. The summed E-state index contributed by atoms with van der Waals surface area (Å²) in [5, 5.41) is 20.9. The molecule has 1 amide bonds. The molecule has 0 aromatic carbocycles. The number of unbranched alkanes of at least 4 members (excludes halogenated alkanes) is 4. The quantitative estimate of drug-likeness (QED) is 0.338. The summed E-state index contributed by atoms with van der Waals surface area (Å²) in [4.78, 5) is 21.8. The summed E-state index contributed by atoms with van der Waals surface area (Å²) < 4.78 is 0. The number of carboxylic acid groups (broad SMARTS) is 1. The number of carboxylic acids is 1. The maximum atomic E-state index is 11.5. The van der Waals surface area contributed by atoms with Crippen LogP contribution in [0.1, 0.15) is 64.7 Å². The van der Waals surface area contributed by atoms with Crippen LogP contribution in [0.3, 0.4) is 0 Å². The maximum Gasteiger partial charge on any atom is 0.303 e. The first-order chi connectivity index (χ1) is 11.1. The van der Waals surface area contributed by atoms with Crippen molar-refractivity contribution in [1.82, 2.24) is 5.32 Å². The molecule has 1 atom stereocenters. The number of rotatable bonds is 14. The summed E-state index contributed by atoms with van der Waals surface area (Å²) in [7, 11) is 0.